The Kier molecular flexibility index (Phi) is 6.32. The number of hydrogen-bond acceptors (Lipinski definition) is 3. The molecule has 0 aliphatic rings. The topological polar surface area (TPSA) is 41.5 Å². The molecule has 0 amide bonds. The molecule has 1 atom stereocenters. The molecular formula is C16H27NO2. The van der Waals surface area contributed by atoms with Gasteiger partial charge in [-0.1, -0.05) is 39.8 Å². The van der Waals surface area contributed by atoms with Crippen molar-refractivity contribution in [3.05, 3.63) is 29.8 Å². The van der Waals surface area contributed by atoms with E-state index < -0.39 is 6.10 Å². The lowest BCUT2D eigenvalue weighted by molar-refractivity contribution is 0.106. The van der Waals surface area contributed by atoms with Gasteiger partial charge in [-0.05, 0) is 36.1 Å². The maximum atomic E-state index is 9.73. The number of aliphatic hydroxyl groups is 1. The second-order valence-electron chi connectivity index (χ2n) is 5.94. The molecule has 108 valence electrons. The summed E-state index contributed by atoms with van der Waals surface area (Å²) < 4.78 is 5.58. The van der Waals surface area contributed by atoms with E-state index >= 15 is 0 Å². The minimum Gasteiger partial charge on any atom is -0.491 e. The maximum Gasteiger partial charge on any atom is 0.119 e. The predicted molar refractivity (Wildman–Crippen MR) is 79.8 cm³/mol. The van der Waals surface area contributed by atoms with Gasteiger partial charge in [0.05, 0.1) is 0 Å². The average Bonchev–Trinajstić information content (AvgIpc) is 2.36. The Hall–Kier alpha value is -1.06. The number of rotatable bonds is 7. The lowest BCUT2D eigenvalue weighted by Gasteiger charge is -2.19. The van der Waals surface area contributed by atoms with Crippen molar-refractivity contribution in [3.8, 4) is 5.75 Å². The zero-order valence-electron chi connectivity index (χ0n) is 12.6. The van der Waals surface area contributed by atoms with Crippen molar-refractivity contribution < 1.29 is 9.84 Å². The number of ether oxygens (including phenoxy) is 1. The van der Waals surface area contributed by atoms with Crippen LogP contribution >= 0.6 is 0 Å². The van der Waals surface area contributed by atoms with Gasteiger partial charge in [0.1, 0.15) is 18.5 Å². The van der Waals surface area contributed by atoms with Crippen LogP contribution in [0, 0.1) is 0 Å². The van der Waals surface area contributed by atoms with Gasteiger partial charge in [0.15, 0.2) is 0 Å². The molecule has 0 spiro atoms. The minimum absolute atomic E-state index is 0.155. The molecule has 0 fully saturated rings. The first kappa shape index (κ1) is 16.0. The molecule has 0 saturated heterocycles. The van der Waals surface area contributed by atoms with Gasteiger partial charge >= 0.3 is 0 Å². The molecule has 2 N–H and O–H groups in total. The molecule has 19 heavy (non-hydrogen) atoms. The zero-order valence-corrected chi connectivity index (χ0v) is 12.6. The summed E-state index contributed by atoms with van der Waals surface area (Å²) in [5.74, 6) is 0.808. The highest BCUT2D eigenvalue weighted by atomic mass is 16.5. The highest BCUT2D eigenvalue weighted by Crippen LogP contribution is 2.24. The summed E-state index contributed by atoms with van der Waals surface area (Å²) >= 11 is 0. The van der Waals surface area contributed by atoms with Crippen molar-refractivity contribution >= 4 is 0 Å². The van der Waals surface area contributed by atoms with Crippen LogP contribution in [-0.4, -0.2) is 30.9 Å². The van der Waals surface area contributed by atoms with E-state index in [2.05, 4.69) is 45.1 Å². The van der Waals surface area contributed by atoms with Gasteiger partial charge in [-0.25, -0.2) is 0 Å². The molecule has 0 radical (unpaired) electrons. The van der Waals surface area contributed by atoms with Crippen LogP contribution in [0.15, 0.2) is 24.3 Å². The fourth-order valence-corrected chi connectivity index (χ4v) is 1.75. The van der Waals surface area contributed by atoms with E-state index in [1.54, 1.807) is 0 Å². The molecule has 0 aliphatic heterocycles. The van der Waals surface area contributed by atoms with E-state index in [1.165, 1.54) is 5.56 Å². The van der Waals surface area contributed by atoms with Crippen LogP contribution in [0.25, 0.3) is 0 Å². The molecule has 1 unspecified atom stereocenters. The monoisotopic (exact) mass is 265 g/mol. The second kappa shape index (κ2) is 7.51. The Labute approximate surface area is 117 Å². The number of hydrogen-bond donors (Lipinski definition) is 2. The zero-order chi connectivity index (χ0) is 14.3. The molecule has 1 rings (SSSR count). The third-order valence-corrected chi connectivity index (χ3v) is 2.97. The van der Waals surface area contributed by atoms with E-state index in [0.717, 1.165) is 18.7 Å². The lowest BCUT2D eigenvalue weighted by atomic mass is 9.87. The molecule has 1 aromatic carbocycles. The van der Waals surface area contributed by atoms with Gasteiger partial charge < -0.3 is 15.2 Å². The van der Waals surface area contributed by atoms with Crippen LogP contribution in [0.3, 0.4) is 0 Å². The Bertz CT molecular complexity index is 354. The molecule has 0 aromatic heterocycles. The van der Waals surface area contributed by atoms with Crippen molar-refractivity contribution in [1.29, 1.82) is 0 Å². The predicted octanol–water partition coefficient (Wildman–Crippen LogP) is 2.72. The number of aliphatic hydroxyl groups excluding tert-OH is 1. The SMILES string of the molecule is CCCNCC(O)COc1ccc(C(C)(C)C)cc1. The normalized spacial score (nSPS) is 13.3. The molecule has 3 heteroatoms. The summed E-state index contributed by atoms with van der Waals surface area (Å²) in [6, 6.07) is 8.09. The Morgan fingerprint density at radius 2 is 1.84 bits per heavy atom. The van der Waals surface area contributed by atoms with Gasteiger partial charge in [-0.2, -0.15) is 0 Å². The first-order chi connectivity index (χ1) is 8.93. The average molecular weight is 265 g/mol. The molecule has 3 nitrogen and oxygen atoms in total. The van der Waals surface area contributed by atoms with Crippen LogP contribution in [0.1, 0.15) is 39.7 Å². The van der Waals surface area contributed by atoms with Gasteiger partial charge in [-0.15, -0.1) is 0 Å². The summed E-state index contributed by atoms with van der Waals surface area (Å²) in [4.78, 5) is 0. The van der Waals surface area contributed by atoms with Crippen LogP contribution in [0.4, 0.5) is 0 Å². The van der Waals surface area contributed by atoms with Gasteiger partial charge in [0.2, 0.25) is 0 Å². The van der Waals surface area contributed by atoms with E-state index in [9.17, 15) is 5.11 Å². The van der Waals surface area contributed by atoms with Crippen LogP contribution in [0.5, 0.6) is 5.75 Å². The summed E-state index contributed by atoms with van der Waals surface area (Å²) in [6.45, 7) is 10.5. The maximum absolute atomic E-state index is 9.73. The fraction of sp³-hybridized carbons (Fsp3) is 0.625. The van der Waals surface area contributed by atoms with Crippen molar-refractivity contribution in [2.24, 2.45) is 0 Å². The van der Waals surface area contributed by atoms with Crippen LogP contribution < -0.4 is 10.1 Å². The Balaban J connectivity index is 2.37. The summed E-state index contributed by atoms with van der Waals surface area (Å²) in [5, 5.41) is 12.9. The Morgan fingerprint density at radius 1 is 1.21 bits per heavy atom. The van der Waals surface area contributed by atoms with Crippen molar-refractivity contribution in [1.82, 2.24) is 5.32 Å². The standard InChI is InChI=1S/C16H27NO2/c1-5-10-17-11-14(18)12-19-15-8-6-13(7-9-15)16(2,3)4/h6-9,14,17-18H,5,10-12H2,1-4H3. The van der Waals surface area contributed by atoms with Crippen LogP contribution in [-0.2, 0) is 5.41 Å². The van der Waals surface area contributed by atoms with Crippen molar-refractivity contribution in [2.45, 2.75) is 45.6 Å². The van der Waals surface area contributed by atoms with Crippen LogP contribution in [0.2, 0.25) is 0 Å². The minimum atomic E-state index is -0.464. The van der Waals surface area contributed by atoms with Gasteiger partial charge in [0.25, 0.3) is 0 Å². The first-order valence-electron chi connectivity index (χ1n) is 7.05. The summed E-state index contributed by atoms with van der Waals surface area (Å²) in [6.07, 6.45) is 0.607. The van der Waals surface area contributed by atoms with E-state index in [1.807, 2.05) is 12.1 Å². The number of nitrogens with one attached hydrogen (secondary N) is 1. The highest BCUT2D eigenvalue weighted by Gasteiger charge is 2.13. The smallest absolute Gasteiger partial charge is 0.119 e. The number of benzene rings is 1. The molecule has 0 heterocycles. The van der Waals surface area contributed by atoms with E-state index in [0.29, 0.717) is 13.2 Å². The lowest BCUT2D eigenvalue weighted by Crippen LogP contribution is -2.31. The van der Waals surface area contributed by atoms with E-state index in [4.69, 9.17) is 4.74 Å². The van der Waals surface area contributed by atoms with Crippen molar-refractivity contribution in [2.75, 3.05) is 19.7 Å². The summed E-state index contributed by atoms with van der Waals surface area (Å²) in [7, 11) is 0. The molecule has 1 aromatic rings. The highest BCUT2D eigenvalue weighted by molar-refractivity contribution is 5.31. The molecule has 0 bridgehead atoms. The quantitative estimate of drug-likeness (QED) is 0.745. The Morgan fingerprint density at radius 3 is 2.37 bits per heavy atom. The van der Waals surface area contributed by atoms with Gasteiger partial charge in [0, 0.05) is 6.54 Å². The fourth-order valence-electron chi connectivity index (χ4n) is 1.75. The van der Waals surface area contributed by atoms with Crippen molar-refractivity contribution in [3.63, 3.8) is 0 Å². The molecular weight excluding hydrogens is 238 g/mol. The van der Waals surface area contributed by atoms with E-state index in [-0.39, 0.29) is 5.41 Å². The summed E-state index contributed by atoms with van der Waals surface area (Å²) in [5.41, 5.74) is 1.44. The largest absolute Gasteiger partial charge is 0.491 e. The first-order valence-corrected chi connectivity index (χ1v) is 7.05. The molecule has 0 aliphatic carbocycles. The third-order valence-electron chi connectivity index (χ3n) is 2.97. The second-order valence-corrected chi connectivity index (χ2v) is 5.94. The molecule has 0 saturated carbocycles. The van der Waals surface area contributed by atoms with Gasteiger partial charge in [-0.3, -0.25) is 0 Å². The third kappa shape index (κ3) is 6.08.